The number of carboxylic acid groups (broad SMARTS) is 1. The van der Waals surface area contributed by atoms with E-state index < -0.39 is 17.8 Å². The van der Waals surface area contributed by atoms with Crippen LogP contribution in [0.5, 0.6) is 0 Å². The van der Waals surface area contributed by atoms with Gasteiger partial charge in [0.2, 0.25) is 5.76 Å². The highest BCUT2D eigenvalue weighted by Crippen LogP contribution is 2.25. The van der Waals surface area contributed by atoms with Crippen molar-refractivity contribution in [1.82, 2.24) is 15.2 Å². The Balaban J connectivity index is 1.59. The van der Waals surface area contributed by atoms with Gasteiger partial charge >= 0.3 is 5.97 Å². The van der Waals surface area contributed by atoms with E-state index in [1.54, 1.807) is 36.5 Å². The number of amides is 2. The molecule has 0 aliphatic heterocycles. The van der Waals surface area contributed by atoms with Crippen LogP contribution in [0.15, 0.2) is 53.1 Å². The van der Waals surface area contributed by atoms with Gasteiger partial charge in [-0.1, -0.05) is 12.1 Å². The third-order valence-electron chi connectivity index (χ3n) is 3.94. The SMILES string of the molecule is O=C(Nc1ccccc1C(=O)Nc1n[nH]c2cc(C(=O)O)oc12)c1ccc[nH]1. The summed E-state index contributed by atoms with van der Waals surface area (Å²) in [6.45, 7) is 0. The highest BCUT2D eigenvalue weighted by molar-refractivity contribution is 6.13. The van der Waals surface area contributed by atoms with Crippen molar-refractivity contribution < 1.29 is 23.9 Å². The first-order valence-corrected chi connectivity index (χ1v) is 8.09. The van der Waals surface area contributed by atoms with E-state index in [0.717, 1.165) is 0 Å². The van der Waals surface area contributed by atoms with Crippen LogP contribution in [0, 0.1) is 0 Å². The smallest absolute Gasteiger partial charge is 0.371 e. The molecular formula is C18H13N5O5. The zero-order valence-corrected chi connectivity index (χ0v) is 14.1. The number of para-hydroxylation sites is 1. The lowest BCUT2D eigenvalue weighted by Gasteiger charge is -2.10. The third-order valence-corrected chi connectivity index (χ3v) is 3.94. The Kier molecular flexibility index (Phi) is 4.13. The first-order chi connectivity index (χ1) is 13.5. The highest BCUT2D eigenvalue weighted by Gasteiger charge is 2.20. The van der Waals surface area contributed by atoms with Crippen LogP contribution in [-0.2, 0) is 0 Å². The third kappa shape index (κ3) is 3.09. The lowest BCUT2D eigenvalue weighted by molar-refractivity contribution is 0.0664. The number of hydrogen-bond acceptors (Lipinski definition) is 5. The minimum atomic E-state index is -1.24. The maximum atomic E-state index is 12.7. The van der Waals surface area contributed by atoms with E-state index in [2.05, 4.69) is 25.8 Å². The molecular weight excluding hydrogens is 366 g/mol. The van der Waals surface area contributed by atoms with Gasteiger partial charge in [0.1, 0.15) is 11.2 Å². The van der Waals surface area contributed by atoms with Crippen LogP contribution in [-0.4, -0.2) is 38.1 Å². The van der Waals surface area contributed by atoms with E-state index in [0.29, 0.717) is 16.9 Å². The second-order valence-corrected chi connectivity index (χ2v) is 5.77. The number of furan rings is 1. The lowest BCUT2D eigenvalue weighted by Crippen LogP contribution is -2.18. The summed E-state index contributed by atoms with van der Waals surface area (Å²) in [5, 5.41) is 20.7. The number of nitrogens with one attached hydrogen (secondary N) is 4. The van der Waals surface area contributed by atoms with Gasteiger partial charge in [-0.15, -0.1) is 0 Å². The molecule has 3 aromatic heterocycles. The van der Waals surface area contributed by atoms with E-state index in [1.165, 1.54) is 12.1 Å². The van der Waals surface area contributed by atoms with Crippen molar-refractivity contribution in [3.63, 3.8) is 0 Å². The molecule has 10 nitrogen and oxygen atoms in total. The molecule has 0 aliphatic carbocycles. The number of fused-ring (bicyclic) bond motifs is 1. The molecule has 0 atom stereocenters. The van der Waals surface area contributed by atoms with Crippen molar-refractivity contribution in [1.29, 1.82) is 0 Å². The number of hydrogen-bond donors (Lipinski definition) is 5. The van der Waals surface area contributed by atoms with Gasteiger partial charge in [0.15, 0.2) is 11.4 Å². The Morgan fingerprint density at radius 2 is 1.86 bits per heavy atom. The maximum absolute atomic E-state index is 12.7. The predicted octanol–water partition coefficient (Wildman–Crippen LogP) is 2.69. The molecule has 0 spiro atoms. The van der Waals surface area contributed by atoms with Crippen molar-refractivity contribution in [2.75, 3.05) is 10.6 Å². The number of aromatic nitrogens is 3. The van der Waals surface area contributed by atoms with Crippen LogP contribution in [0.25, 0.3) is 11.1 Å². The molecule has 3 heterocycles. The summed E-state index contributed by atoms with van der Waals surface area (Å²) >= 11 is 0. The largest absolute Gasteiger partial charge is 0.475 e. The van der Waals surface area contributed by atoms with Gasteiger partial charge in [-0.2, -0.15) is 5.10 Å². The minimum absolute atomic E-state index is 0.0398. The fraction of sp³-hybridized carbons (Fsp3) is 0. The molecule has 1 aromatic carbocycles. The van der Waals surface area contributed by atoms with Crippen molar-refractivity contribution in [2.45, 2.75) is 0 Å². The topological polar surface area (TPSA) is 153 Å². The number of anilines is 2. The van der Waals surface area contributed by atoms with Crippen LogP contribution < -0.4 is 10.6 Å². The van der Waals surface area contributed by atoms with Gasteiger partial charge in [-0.05, 0) is 24.3 Å². The van der Waals surface area contributed by atoms with E-state index in [9.17, 15) is 14.4 Å². The molecule has 0 saturated carbocycles. The van der Waals surface area contributed by atoms with E-state index in [-0.39, 0.29) is 22.7 Å². The number of carbonyl (C=O) groups is 3. The zero-order valence-electron chi connectivity index (χ0n) is 14.1. The molecule has 0 unspecified atom stereocenters. The standard InChI is InChI=1S/C18H13N5O5/c24-16(21-15-14-12(22-23-15)8-13(28-14)18(26)27)9-4-1-2-5-10(9)20-17(25)11-6-3-7-19-11/h1-8,19H,(H,20,25)(H,26,27)(H2,21,22,23,24). The Morgan fingerprint density at radius 3 is 2.61 bits per heavy atom. The lowest BCUT2D eigenvalue weighted by atomic mass is 10.1. The molecule has 10 heteroatoms. The number of H-pyrrole nitrogens is 2. The molecule has 0 bridgehead atoms. The molecule has 4 rings (SSSR count). The van der Waals surface area contributed by atoms with Crippen LogP contribution in [0.4, 0.5) is 11.5 Å². The zero-order chi connectivity index (χ0) is 19.7. The number of rotatable bonds is 5. The maximum Gasteiger partial charge on any atom is 0.371 e. The normalized spacial score (nSPS) is 10.7. The predicted molar refractivity (Wildman–Crippen MR) is 98.5 cm³/mol. The number of aromatic carboxylic acids is 1. The van der Waals surface area contributed by atoms with Gasteiger partial charge in [0.25, 0.3) is 11.8 Å². The number of aromatic amines is 2. The van der Waals surface area contributed by atoms with Crippen molar-refractivity contribution in [2.24, 2.45) is 0 Å². The van der Waals surface area contributed by atoms with Gasteiger partial charge in [-0.3, -0.25) is 14.7 Å². The summed E-state index contributed by atoms with van der Waals surface area (Å²) in [5.74, 6) is -2.43. The van der Waals surface area contributed by atoms with Gasteiger partial charge in [-0.25, -0.2) is 4.79 Å². The van der Waals surface area contributed by atoms with Crippen molar-refractivity contribution in [3.05, 3.63) is 65.7 Å². The van der Waals surface area contributed by atoms with E-state index >= 15 is 0 Å². The van der Waals surface area contributed by atoms with Gasteiger partial charge in [0, 0.05) is 12.3 Å². The molecule has 5 N–H and O–H groups in total. The first kappa shape index (κ1) is 17.1. The van der Waals surface area contributed by atoms with E-state index in [1.807, 2.05) is 0 Å². The van der Waals surface area contributed by atoms with Crippen LogP contribution in [0.1, 0.15) is 31.4 Å². The molecule has 2 amide bonds. The second-order valence-electron chi connectivity index (χ2n) is 5.77. The summed E-state index contributed by atoms with van der Waals surface area (Å²) in [6, 6.07) is 11.0. The fourth-order valence-corrected chi connectivity index (χ4v) is 2.63. The monoisotopic (exact) mass is 379 g/mol. The molecule has 0 aliphatic rings. The summed E-state index contributed by atoms with van der Waals surface area (Å²) < 4.78 is 5.20. The molecule has 0 fully saturated rings. The van der Waals surface area contributed by atoms with Crippen molar-refractivity contribution >= 4 is 40.4 Å². The minimum Gasteiger partial charge on any atom is -0.475 e. The second kappa shape index (κ2) is 6.76. The summed E-state index contributed by atoms with van der Waals surface area (Å²) in [7, 11) is 0. The Morgan fingerprint density at radius 1 is 1.04 bits per heavy atom. The van der Waals surface area contributed by atoms with Crippen LogP contribution >= 0.6 is 0 Å². The van der Waals surface area contributed by atoms with Gasteiger partial charge in [0.05, 0.1) is 11.3 Å². The van der Waals surface area contributed by atoms with Crippen LogP contribution in [0.2, 0.25) is 0 Å². The number of carboxylic acids is 1. The molecule has 140 valence electrons. The number of carbonyl (C=O) groups excluding carboxylic acids is 2. The molecule has 0 saturated heterocycles. The highest BCUT2D eigenvalue weighted by atomic mass is 16.4. The Hall–Kier alpha value is -4.34. The number of benzene rings is 1. The van der Waals surface area contributed by atoms with Crippen LogP contribution in [0.3, 0.4) is 0 Å². The Labute approximate surface area is 156 Å². The quantitative estimate of drug-likeness (QED) is 0.359. The average Bonchev–Trinajstić information content (AvgIpc) is 3.40. The summed E-state index contributed by atoms with van der Waals surface area (Å²) in [5.41, 5.74) is 1.29. The average molecular weight is 379 g/mol. The fourth-order valence-electron chi connectivity index (χ4n) is 2.63. The molecule has 0 radical (unpaired) electrons. The van der Waals surface area contributed by atoms with Crippen molar-refractivity contribution in [3.8, 4) is 0 Å². The first-order valence-electron chi connectivity index (χ1n) is 8.09. The summed E-state index contributed by atoms with van der Waals surface area (Å²) in [6.07, 6.45) is 1.62. The van der Waals surface area contributed by atoms with E-state index in [4.69, 9.17) is 9.52 Å². The summed E-state index contributed by atoms with van der Waals surface area (Å²) in [4.78, 5) is 38.7. The van der Waals surface area contributed by atoms with Gasteiger partial charge < -0.3 is 25.1 Å². The Bertz CT molecular complexity index is 1190. The molecule has 28 heavy (non-hydrogen) atoms. The molecule has 4 aromatic rings. The number of nitrogens with zero attached hydrogens (tertiary/aromatic N) is 1.